The summed E-state index contributed by atoms with van der Waals surface area (Å²) in [5, 5.41) is 0. The Morgan fingerprint density at radius 1 is 1.32 bits per heavy atom. The molecule has 1 aromatic rings. The Hall–Kier alpha value is -0.860. The van der Waals surface area contributed by atoms with Gasteiger partial charge in [0.25, 0.3) is 0 Å². The minimum atomic E-state index is 0.213. The first-order chi connectivity index (χ1) is 8.97. The average molecular weight is 260 g/mol. The molecule has 1 heterocycles. The zero-order chi connectivity index (χ0) is 14.0. The molecule has 1 aromatic carbocycles. The molecule has 0 aromatic heterocycles. The monoisotopic (exact) mass is 260 g/mol. The van der Waals surface area contributed by atoms with Crippen LogP contribution in [0, 0.1) is 0 Å². The summed E-state index contributed by atoms with van der Waals surface area (Å²) in [5.41, 5.74) is 10.6. The first-order valence-electron chi connectivity index (χ1n) is 7.54. The van der Waals surface area contributed by atoms with Crippen LogP contribution >= 0.6 is 0 Å². The summed E-state index contributed by atoms with van der Waals surface area (Å²) < 4.78 is 0. The third kappa shape index (κ3) is 3.01. The standard InChI is InChI=1S/C17H28N2/c1-5-6-9-19-12-13-7-8-14(17(2,3)4)10-15(13)16(19)11-18/h7-8,10,16H,5-6,9,11-12,18H2,1-4H3. The molecule has 0 saturated carbocycles. The number of nitrogens with zero attached hydrogens (tertiary/aromatic N) is 1. The van der Waals surface area contributed by atoms with Crippen LogP contribution in [0.15, 0.2) is 18.2 Å². The molecule has 0 fully saturated rings. The van der Waals surface area contributed by atoms with E-state index in [4.69, 9.17) is 5.73 Å². The van der Waals surface area contributed by atoms with Gasteiger partial charge >= 0.3 is 0 Å². The Balaban J connectivity index is 2.27. The second kappa shape index (κ2) is 5.64. The van der Waals surface area contributed by atoms with Gasteiger partial charge in [-0.25, -0.2) is 0 Å². The van der Waals surface area contributed by atoms with Gasteiger partial charge in [0.15, 0.2) is 0 Å². The summed E-state index contributed by atoms with van der Waals surface area (Å²) in [5.74, 6) is 0. The van der Waals surface area contributed by atoms with Crippen molar-refractivity contribution >= 4 is 0 Å². The molecule has 2 rings (SSSR count). The summed E-state index contributed by atoms with van der Waals surface area (Å²) in [4.78, 5) is 2.54. The first kappa shape index (κ1) is 14.5. The van der Waals surface area contributed by atoms with Crippen LogP contribution in [-0.4, -0.2) is 18.0 Å². The van der Waals surface area contributed by atoms with Gasteiger partial charge in [-0.05, 0) is 35.1 Å². The van der Waals surface area contributed by atoms with E-state index < -0.39 is 0 Å². The molecule has 2 heteroatoms. The third-order valence-electron chi connectivity index (χ3n) is 4.21. The van der Waals surface area contributed by atoms with Gasteiger partial charge in [0.2, 0.25) is 0 Å². The summed E-state index contributed by atoms with van der Waals surface area (Å²) in [6.07, 6.45) is 2.51. The molecule has 106 valence electrons. The third-order valence-corrected chi connectivity index (χ3v) is 4.21. The molecule has 1 unspecified atom stereocenters. The summed E-state index contributed by atoms with van der Waals surface area (Å²) in [7, 11) is 0. The van der Waals surface area contributed by atoms with Gasteiger partial charge in [0, 0.05) is 19.1 Å². The zero-order valence-corrected chi connectivity index (χ0v) is 12.9. The molecule has 0 bridgehead atoms. The largest absolute Gasteiger partial charge is 0.329 e. The second-order valence-corrected chi connectivity index (χ2v) is 6.74. The quantitative estimate of drug-likeness (QED) is 0.896. The van der Waals surface area contributed by atoms with Crippen molar-refractivity contribution in [1.29, 1.82) is 0 Å². The Bertz CT molecular complexity index is 431. The predicted octanol–water partition coefficient (Wildman–Crippen LogP) is 3.60. The molecular weight excluding hydrogens is 232 g/mol. The van der Waals surface area contributed by atoms with Crippen molar-refractivity contribution in [3.63, 3.8) is 0 Å². The maximum atomic E-state index is 6.03. The highest BCUT2D eigenvalue weighted by Gasteiger charge is 2.29. The van der Waals surface area contributed by atoms with E-state index in [0.717, 1.165) is 19.6 Å². The number of rotatable bonds is 4. The van der Waals surface area contributed by atoms with E-state index in [0.29, 0.717) is 6.04 Å². The van der Waals surface area contributed by atoms with Crippen LogP contribution < -0.4 is 5.73 Å². The van der Waals surface area contributed by atoms with Gasteiger partial charge in [-0.3, -0.25) is 4.90 Å². The van der Waals surface area contributed by atoms with Gasteiger partial charge in [-0.15, -0.1) is 0 Å². The molecule has 0 amide bonds. The summed E-state index contributed by atoms with van der Waals surface area (Å²) in [6, 6.07) is 7.41. The van der Waals surface area contributed by atoms with Crippen LogP contribution in [0.4, 0.5) is 0 Å². The van der Waals surface area contributed by atoms with Gasteiger partial charge in [0.05, 0.1) is 0 Å². The molecule has 0 spiro atoms. The van der Waals surface area contributed by atoms with Crippen molar-refractivity contribution in [3.05, 3.63) is 34.9 Å². The van der Waals surface area contributed by atoms with E-state index >= 15 is 0 Å². The fraction of sp³-hybridized carbons (Fsp3) is 0.647. The van der Waals surface area contributed by atoms with E-state index in [9.17, 15) is 0 Å². The van der Waals surface area contributed by atoms with Crippen molar-refractivity contribution in [1.82, 2.24) is 4.90 Å². The van der Waals surface area contributed by atoms with Crippen LogP contribution in [0.25, 0.3) is 0 Å². The van der Waals surface area contributed by atoms with Gasteiger partial charge in [-0.2, -0.15) is 0 Å². The van der Waals surface area contributed by atoms with Gasteiger partial charge in [0.1, 0.15) is 0 Å². The molecular formula is C17H28N2. The van der Waals surface area contributed by atoms with Crippen molar-refractivity contribution < 1.29 is 0 Å². The zero-order valence-electron chi connectivity index (χ0n) is 12.9. The van der Waals surface area contributed by atoms with Crippen molar-refractivity contribution in [3.8, 4) is 0 Å². The SMILES string of the molecule is CCCCN1Cc2ccc(C(C)(C)C)cc2C1CN. The van der Waals surface area contributed by atoms with Crippen molar-refractivity contribution in [2.45, 2.75) is 58.5 Å². The lowest BCUT2D eigenvalue weighted by Crippen LogP contribution is -2.28. The molecule has 0 radical (unpaired) electrons. The fourth-order valence-electron chi connectivity index (χ4n) is 2.91. The topological polar surface area (TPSA) is 29.3 Å². The predicted molar refractivity (Wildman–Crippen MR) is 82.3 cm³/mol. The molecule has 19 heavy (non-hydrogen) atoms. The van der Waals surface area contributed by atoms with Crippen LogP contribution in [-0.2, 0) is 12.0 Å². The smallest absolute Gasteiger partial charge is 0.0477 e. The number of hydrogen-bond donors (Lipinski definition) is 1. The highest BCUT2D eigenvalue weighted by Crippen LogP contribution is 2.36. The van der Waals surface area contributed by atoms with E-state index in [1.54, 1.807) is 0 Å². The van der Waals surface area contributed by atoms with Crippen LogP contribution in [0.1, 0.15) is 63.3 Å². The maximum absolute atomic E-state index is 6.03. The minimum absolute atomic E-state index is 0.213. The average Bonchev–Trinajstić information content (AvgIpc) is 2.71. The molecule has 0 aliphatic carbocycles. The summed E-state index contributed by atoms with van der Waals surface area (Å²) >= 11 is 0. The number of unbranched alkanes of at least 4 members (excludes halogenated alkanes) is 1. The lowest BCUT2D eigenvalue weighted by Gasteiger charge is -2.24. The van der Waals surface area contributed by atoms with Gasteiger partial charge in [-0.1, -0.05) is 52.3 Å². The van der Waals surface area contributed by atoms with E-state index in [-0.39, 0.29) is 5.41 Å². The normalized spacial score (nSPS) is 19.7. The Kier molecular flexibility index (Phi) is 4.32. The molecule has 1 aliphatic heterocycles. The summed E-state index contributed by atoms with van der Waals surface area (Å²) in [6.45, 7) is 12.0. The Labute approximate surface area is 118 Å². The molecule has 0 saturated heterocycles. The van der Waals surface area contributed by atoms with E-state index in [1.165, 1.54) is 29.5 Å². The van der Waals surface area contributed by atoms with E-state index in [2.05, 4.69) is 50.8 Å². The molecule has 1 aliphatic rings. The first-order valence-corrected chi connectivity index (χ1v) is 7.54. The lowest BCUT2D eigenvalue weighted by atomic mass is 9.85. The molecule has 2 N–H and O–H groups in total. The highest BCUT2D eigenvalue weighted by molar-refractivity contribution is 5.40. The maximum Gasteiger partial charge on any atom is 0.0477 e. The fourth-order valence-corrected chi connectivity index (χ4v) is 2.91. The Morgan fingerprint density at radius 3 is 2.63 bits per heavy atom. The van der Waals surface area contributed by atoms with Crippen LogP contribution in [0.3, 0.4) is 0 Å². The number of hydrogen-bond acceptors (Lipinski definition) is 2. The van der Waals surface area contributed by atoms with E-state index in [1.807, 2.05) is 0 Å². The second-order valence-electron chi connectivity index (χ2n) is 6.74. The number of fused-ring (bicyclic) bond motifs is 1. The van der Waals surface area contributed by atoms with Crippen molar-refractivity contribution in [2.75, 3.05) is 13.1 Å². The number of nitrogens with two attached hydrogens (primary N) is 1. The van der Waals surface area contributed by atoms with Gasteiger partial charge < -0.3 is 5.73 Å². The van der Waals surface area contributed by atoms with Crippen LogP contribution in [0.5, 0.6) is 0 Å². The number of benzene rings is 1. The van der Waals surface area contributed by atoms with Crippen molar-refractivity contribution in [2.24, 2.45) is 5.73 Å². The van der Waals surface area contributed by atoms with Crippen LogP contribution in [0.2, 0.25) is 0 Å². The molecule has 1 atom stereocenters. The molecule has 2 nitrogen and oxygen atoms in total. The minimum Gasteiger partial charge on any atom is -0.329 e. The highest BCUT2D eigenvalue weighted by atomic mass is 15.2. The Morgan fingerprint density at radius 2 is 2.05 bits per heavy atom. The lowest BCUT2D eigenvalue weighted by molar-refractivity contribution is 0.216.